The number of hydrogen-bond acceptors (Lipinski definition) is 3. The van der Waals surface area contributed by atoms with Crippen LogP contribution in [0, 0.1) is 0 Å². The minimum atomic E-state index is -1.04. The monoisotopic (exact) mass is 141 g/mol. The molecule has 2 aliphatic rings. The van der Waals surface area contributed by atoms with E-state index in [0.717, 1.165) is 25.7 Å². The van der Waals surface area contributed by atoms with Gasteiger partial charge in [0.15, 0.2) is 0 Å². The van der Waals surface area contributed by atoms with Crippen LogP contribution in [-0.2, 0) is 9.53 Å². The average molecular weight is 141 g/mol. The second-order valence-electron chi connectivity index (χ2n) is 3.09. The first-order valence-electron chi connectivity index (χ1n) is 3.63. The first kappa shape index (κ1) is 6.16. The van der Waals surface area contributed by atoms with E-state index in [1.54, 1.807) is 0 Å². The standard InChI is InChI=1S/C7H10O3/c8-6(9)5-7(10-5)3-1-2-4-7/h5H,1-4H2,(H,8,9)/p-1/t5-/m0/s1. The van der Waals surface area contributed by atoms with E-state index in [-0.39, 0.29) is 5.60 Å². The van der Waals surface area contributed by atoms with Gasteiger partial charge in [-0.1, -0.05) is 12.8 Å². The summed E-state index contributed by atoms with van der Waals surface area (Å²) >= 11 is 0. The molecular weight excluding hydrogens is 132 g/mol. The number of carboxylic acid groups (broad SMARTS) is 1. The van der Waals surface area contributed by atoms with Gasteiger partial charge in [0.1, 0.15) is 11.7 Å². The summed E-state index contributed by atoms with van der Waals surface area (Å²) in [5.41, 5.74) is -0.279. The highest BCUT2D eigenvalue weighted by molar-refractivity contribution is 5.75. The molecule has 0 aromatic heterocycles. The zero-order valence-corrected chi connectivity index (χ0v) is 5.63. The van der Waals surface area contributed by atoms with Crippen LogP contribution in [-0.4, -0.2) is 17.7 Å². The molecule has 2 rings (SSSR count). The van der Waals surface area contributed by atoms with Gasteiger partial charge in [-0.25, -0.2) is 0 Å². The van der Waals surface area contributed by atoms with Crippen LogP contribution >= 0.6 is 0 Å². The summed E-state index contributed by atoms with van der Waals surface area (Å²) in [7, 11) is 0. The molecular formula is C7H9O3-. The predicted octanol–water partition coefficient (Wildman–Crippen LogP) is -0.552. The number of ether oxygens (including phenoxy) is 1. The molecule has 1 saturated carbocycles. The molecule has 3 nitrogen and oxygen atoms in total. The number of aliphatic carboxylic acids is 1. The highest BCUT2D eigenvalue weighted by Crippen LogP contribution is 2.49. The molecule has 0 radical (unpaired) electrons. The average Bonchev–Trinajstić information content (AvgIpc) is 2.32. The van der Waals surface area contributed by atoms with Gasteiger partial charge in [-0.2, -0.15) is 0 Å². The Hall–Kier alpha value is -0.570. The maximum absolute atomic E-state index is 10.3. The molecule has 0 unspecified atom stereocenters. The third kappa shape index (κ3) is 0.669. The van der Waals surface area contributed by atoms with Crippen molar-refractivity contribution in [3.8, 4) is 0 Å². The maximum Gasteiger partial charge on any atom is 0.127 e. The Bertz CT molecular complexity index is 170. The third-order valence-corrected chi connectivity index (χ3v) is 2.44. The lowest BCUT2D eigenvalue weighted by molar-refractivity contribution is -0.307. The van der Waals surface area contributed by atoms with Crippen molar-refractivity contribution in [2.45, 2.75) is 37.4 Å². The van der Waals surface area contributed by atoms with Crippen LogP contribution < -0.4 is 5.11 Å². The van der Waals surface area contributed by atoms with Gasteiger partial charge in [0, 0.05) is 0 Å². The van der Waals surface area contributed by atoms with E-state index in [9.17, 15) is 9.90 Å². The summed E-state index contributed by atoms with van der Waals surface area (Å²) in [6, 6.07) is 0. The lowest BCUT2D eigenvalue weighted by atomic mass is 10.0. The summed E-state index contributed by atoms with van der Waals surface area (Å²) < 4.78 is 5.06. The van der Waals surface area contributed by atoms with Crippen LogP contribution in [0.1, 0.15) is 25.7 Å². The van der Waals surface area contributed by atoms with Crippen molar-refractivity contribution < 1.29 is 14.6 Å². The van der Waals surface area contributed by atoms with Crippen molar-refractivity contribution in [1.29, 1.82) is 0 Å². The minimum absolute atomic E-state index is 0.279. The minimum Gasteiger partial charge on any atom is -0.547 e. The lowest BCUT2D eigenvalue weighted by Crippen LogP contribution is -2.32. The molecule has 0 aromatic carbocycles. The summed E-state index contributed by atoms with van der Waals surface area (Å²) in [4.78, 5) is 10.3. The molecule has 1 spiro atoms. The number of epoxide rings is 1. The Morgan fingerprint density at radius 3 is 2.50 bits per heavy atom. The molecule has 10 heavy (non-hydrogen) atoms. The zero-order valence-electron chi connectivity index (χ0n) is 5.63. The molecule has 2 fully saturated rings. The van der Waals surface area contributed by atoms with E-state index in [2.05, 4.69) is 0 Å². The number of rotatable bonds is 1. The molecule has 0 aromatic rings. The van der Waals surface area contributed by atoms with Crippen molar-refractivity contribution in [2.75, 3.05) is 0 Å². The van der Waals surface area contributed by atoms with Gasteiger partial charge in [-0.3, -0.25) is 0 Å². The fraction of sp³-hybridized carbons (Fsp3) is 0.857. The van der Waals surface area contributed by atoms with Gasteiger partial charge in [0.05, 0.1) is 5.97 Å². The first-order chi connectivity index (χ1) is 4.75. The smallest absolute Gasteiger partial charge is 0.127 e. The van der Waals surface area contributed by atoms with E-state index >= 15 is 0 Å². The van der Waals surface area contributed by atoms with Gasteiger partial charge < -0.3 is 14.6 Å². The second-order valence-corrected chi connectivity index (χ2v) is 3.09. The number of carboxylic acids is 1. The molecule has 1 atom stereocenters. The van der Waals surface area contributed by atoms with E-state index in [4.69, 9.17) is 4.74 Å². The van der Waals surface area contributed by atoms with Crippen LogP contribution in [0.4, 0.5) is 0 Å². The Morgan fingerprint density at radius 2 is 2.10 bits per heavy atom. The van der Waals surface area contributed by atoms with Gasteiger partial charge >= 0.3 is 0 Å². The summed E-state index contributed by atoms with van der Waals surface area (Å²) in [6.07, 6.45) is 3.43. The molecule has 1 heterocycles. The zero-order chi connectivity index (χ0) is 7.19. The van der Waals surface area contributed by atoms with Gasteiger partial charge in [-0.05, 0) is 12.8 Å². The van der Waals surface area contributed by atoms with Crippen LogP contribution in [0.15, 0.2) is 0 Å². The van der Waals surface area contributed by atoms with E-state index in [1.807, 2.05) is 0 Å². The Labute approximate surface area is 59.0 Å². The van der Waals surface area contributed by atoms with Gasteiger partial charge in [0.25, 0.3) is 0 Å². The number of hydrogen-bond donors (Lipinski definition) is 0. The fourth-order valence-electron chi connectivity index (χ4n) is 1.82. The topological polar surface area (TPSA) is 52.7 Å². The molecule has 56 valence electrons. The largest absolute Gasteiger partial charge is 0.547 e. The molecule has 1 aliphatic heterocycles. The SMILES string of the molecule is O=C([O-])[C@@H]1OC12CCCC2. The predicted molar refractivity (Wildman–Crippen MR) is 31.1 cm³/mol. The van der Waals surface area contributed by atoms with Gasteiger partial charge in [-0.15, -0.1) is 0 Å². The molecule has 0 amide bonds. The second kappa shape index (κ2) is 1.72. The van der Waals surface area contributed by atoms with Crippen molar-refractivity contribution in [2.24, 2.45) is 0 Å². The maximum atomic E-state index is 10.3. The van der Waals surface area contributed by atoms with Gasteiger partial charge in [0.2, 0.25) is 0 Å². The van der Waals surface area contributed by atoms with Crippen LogP contribution in [0.3, 0.4) is 0 Å². The molecule has 1 saturated heterocycles. The van der Waals surface area contributed by atoms with Crippen molar-refractivity contribution in [3.05, 3.63) is 0 Å². The molecule has 0 N–H and O–H groups in total. The Kier molecular flexibility index (Phi) is 1.06. The molecule has 3 heteroatoms. The summed E-state index contributed by atoms with van der Waals surface area (Å²) in [5.74, 6) is -1.04. The van der Waals surface area contributed by atoms with E-state index in [0.29, 0.717) is 0 Å². The lowest BCUT2D eigenvalue weighted by Gasteiger charge is -2.00. The quantitative estimate of drug-likeness (QED) is 0.460. The number of carbonyl (C=O) groups excluding carboxylic acids is 1. The van der Waals surface area contributed by atoms with Crippen molar-refractivity contribution in [3.63, 3.8) is 0 Å². The van der Waals surface area contributed by atoms with E-state index < -0.39 is 12.1 Å². The third-order valence-electron chi connectivity index (χ3n) is 2.44. The molecule has 1 aliphatic carbocycles. The fourth-order valence-corrected chi connectivity index (χ4v) is 1.82. The normalized spacial score (nSPS) is 34.6. The highest BCUT2D eigenvalue weighted by atomic mass is 16.6. The highest BCUT2D eigenvalue weighted by Gasteiger charge is 2.58. The number of carbonyl (C=O) groups is 1. The van der Waals surface area contributed by atoms with Crippen LogP contribution in [0.5, 0.6) is 0 Å². The van der Waals surface area contributed by atoms with Crippen molar-refractivity contribution in [1.82, 2.24) is 0 Å². The molecule has 0 bridgehead atoms. The van der Waals surface area contributed by atoms with Crippen LogP contribution in [0.25, 0.3) is 0 Å². The van der Waals surface area contributed by atoms with Crippen LogP contribution in [0.2, 0.25) is 0 Å². The summed E-state index contributed by atoms with van der Waals surface area (Å²) in [6.45, 7) is 0. The summed E-state index contributed by atoms with van der Waals surface area (Å²) in [5, 5.41) is 10.3. The Balaban J connectivity index is 2.04. The van der Waals surface area contributed by atoms with E-state index in [1.165, 1.54) is 0 Å². The van der Waals surface area contributed by atoms with Crippen molar-refractivity contribution >= 4 is 5.97 Å². The first-order valence-corrected chi connectivity index (χ1v) is 3.63. The Morgan fingerprint density at radius 1 is 1.50 bits per heavy atom.